The highest BCUT2D eigenvalue weighted by atomic mass is 32.2. The number of hydrogen-bond donors (Lipinski definition) is 1. The van der Waals surface area contributed by atoms with Crippen molar-refractivity contribution in [2.45, 2.75) is 44.7 Å². The monoisotopic (exact) mass is 304 g/mol. The van der Waals surface area contributed by atoms with Crippen LogP contribution in [0.1, 0.15) is 43.0 Å². The molecule has 4 heteroatoms. The van der Waals surface area contributed by atoms with Crippen molar-refractivity contribution in [2.24, 2.45) is 0 Å². The molecule has 3 rings (SSSR count). The summed E-state index contributed by atoms with van der Waals surface area (Å²) >= 11 is 2.01. The number of piperidine rings is 1. The fourth-order valence-corrected chi connectivity index (χ4v) is 4.31. The second kappa shape index (κ2) is 6.73. The summed E-state index contributed by atoms with van der Waals surface area (Å²) in [6.45, 7) is 3.06. The lowest BCUT2D eigenvalue weighted by Crippen LogP contribution is -2.42. The van der Waals surface area contributed by atoms with Crippen LogP contribution in [0.4, 0.5) is 5.69 Å². The number of hydrogen-bond acceptors (Lipinski definition) is 3. The van der Waals surface area contributed by atoms with E-state index in [9.17, 15) is 4.79 Å². The zero-order valence-corrected chi connectivity index (χ0v) is 13.5. The number of likely N-dealkylation sites (tertiary alicyclic amines) is 1. The molecular weight excluding hydrogens is 280 g/mol. The van der Waals surface area contributed by atoms with Crippen molar-refractivity contribution in [1.29, 1.82) is 0 Å². The first-order chi connectivity index (χ1) is 10.2. The smallest absolute Gasteiger partial charge is 0.254 e. The van der Waals surface area contributed by atoms with Crippen LogP contribution in [0.15, 0.2) is 24.3 Å². The molecule has 2 aliphatic heterocycles. The van der Waals surface area contributed by atoms with Gasteiger partial charge in [0.25, 0.3) is 5.91 Å². The molecule has 2 saturated heterocycles. The molecule has 21 heavy (non-hydrogen) atoms. The van der Waals surface area contributed by atoms with E-state index in [4.69, 9.17) is 0 Å². The molecule has 0 aliphatic carbocycles. The predicted octanol–water partition coefficient (Wildman–Crippen LogP) is 3.62. The van der Waals surface area contributed by atoms with Gasteiger partial charge >= 0.3 is 0 Å². The summed E-state index contributed by atoms with van der Waals surface area (Å²) in [5.41, 5.74) is 1.95. The Hall–Kier alpha value is -1.16. The lowest BCUT2D eigenvalue weighted by Gasteiger charge is -2.33. The van der Waals surface area contributed by atoms with Crippen molar-refractivity contribution in [3.63, 3.8) is 0 Å². The highest BCUT2D eigenvalue weighted by molar-refractivity contribution is 7.99. The summed E-state index contributed by atoms with van der Waals surface area (Å²) < 4.78 is 0. The molecule has 2 heterocycles. The minimum Gasteiger partial charge on any atom is -0.381 e. The number of rotatable bonds is 3. The molecule has 3 nitrogen and oxygen atoms in total. The summed E-state index contributed by atoms with van der Waals surface area (Å²) in [7, 11) is 0. The highest BCUT2D eigenvalue weighted by Crippen LogP contribution is 2.23. The van der Waals surface area contributed by atoms with Gasteiger partial charge in [0.1, 0.15) is 0 Å². The van der Waals surface area contributed by atoms with Gasteiger partial charge in [0.15, 0.2) is 0 Å². The Labute approximate surface area is 131 Å². The SMILES string of the molecule is C[C@H]1CCCCN1C(=O)c1ccc(N[C@@H]2CCSC2)cc1. The van der Waals surface area contributed by atoms with Gasteiger partial charge in [0.2, 0.25) is 0 Å². The molecule has 2 atom stereocenters. The Morgan fingerprint density at radius 1 is 1.24 bits per heavy atom. The molecule has 1 aromatic rings. The van der Waals surface area contributed by atoms with Crippen LogP contribution < -0.4 is 5.32 Å². The van der Waals surface area contributed by atoms with E-state index in [-0.39, 0.29) is 5.91 Å². The van der Waals surface area contributed by atoms with Gasteiger partial charge in [-0.3, -0.25) is 4.79 Å². The van der Waals surface area contributed by atoms with Gasteiger partial charge in [-0.25, -0.2) is 0 Å². The van der Waals surface area contributed by atoms with E-state index < -0.39 is 0 Å². The third kappa shape index (κ3) is 3.54. The van der Waals surface area contributed by atoms with E-state index in [1.54, 1.807) is 0 Å². The zero-order chi connectivity index (χ0) is 14.7. The molecule has 2 aliphatic rings. The van der Waals surface area contributed by atoms with Crippen LogP contribution in [0, 0.1) is 0 Å². The molecule has 0 radical (unpaired) electrons. The van der Waals surface area contributed by atoms with Crippen LogP contribution in [0.3, 0.4) is 0 Å². The number of anilines is 1. The lowest BCUT2D eigenvalue weighted by molar-refractivity contribution is 0.0635. The maximum atomic E-state index is 12.6. The Morgan fingerprint density at radius 2 is 2.05 bits per heavy atom. The standard InChI is InChI=1S/C17H24N2OS/c1-13-4-2-3-10-19(13)17(20)14-5-7-15(8-6-14)18-16-9-11-21-12-16/h5-8,13,16,18H,2-4,9-12H2,1H3/t13-,16+/m0/s1. The maximum Gasteiger partial charge on any atom is 0.254 e. The summed E-state index contributed by atoms with van der Waals surface area (Å²) in [5, 5.41) is 3.55. The van der Waals surface area contributed by atoms with Gasteiger partial charge in [-0.15, -0.1) is 0 Å². The van der Waals surface area contributed by atoms with Crippen LogP contribution in [0.5, 0.6) is 0 Å². The van der Waals surface area contributed by atoms with Crippen molar-refractivity contribution < 1.29 is 4.79 Å². The van der Waals surface area contributed by atoms with Crippen molar-refractivity contribution in [1.82, 2.24) is 4.90 Å². The third-order valence-electron chi connectivity index (χ3n) is 4.50. The molecule has 0 bridgehead atoms. The maximum absolute atomic E-state index is 12.6. The Bertz CT molecular complexity index is 482. The number of nitrogens with zero attached hydrogens (tertiary/aromatic N) is 1. The number of benzene rings is 1. The quantitative estimate of drug-likeness (QED) is 0.925. The predicted molar refractivity (Wildman–Crippen MR) is 90.1 cm³/mol. The number of amides is 1. The number of carbonyl (C=O) groups is 1. The van der Waals surface area contributed by atoms with Crippen LogP contribution in [-0.2, 0) is 0 Å². The zero-order valence-electron chi connectivity index (χ0n) is 12.7. The van der Waals surface area contributed by atoms with Crippen LogP contribution in [-0.4, -0.2) is 40.9 Å². The average molecular weight is 304 g/mol. The van der Waals surface area contributed by atoms with Gasteiger partial charge < -0.3 is 10.2 Å². The lowest BCUT2D eigenvalue weighted by atomic mass is 10.0. The van der Waals surface area contributed by atoms with E-state index in [1.807, 2.05) is 40.9 Å². The van der Waals surface area contributed by atoms with E-state index in [0.717, 1.165) is 30.6 Å². The van der Waals surface area contributed by atoms with Gasteiger partial charge in [0, 0.05) is 35.6 Å². The van der Waals surface area contributed by atoms with Crippen molar-refractivity contribution in [2.75, 3.05) is 23.4 Å². The molecule has 1 amide bonds. The molecule has 114 valence electrons. The third-order valence-corrected chi connectivity index (χ3v) is 5.66. The van der Waals surface area contributed by atoms with E-state index in [2.05, 4.69) is 12.2 Å². The molecule has 1 N–H and O–H groups in total. The molecule has 0 aromatic heterocycles. The van der Waals surface area contributed by atoms with Gasteiger partial charge in [-0.05, 0) is 62.6 Å². The minimum atomic E-state index is 0.185. The average Bonchev–Trinajstić information content (AvgIpc) is 3.01. The fraction of sp³-hybridized carbons (Fsp3) is 0.588. The van der Waals surface area contributed by atoms with E-state index >= 15 is 0 Å². The van der Waals surface area contributed by atoms with Gasteiger partial charge in [-0.1, -0.05) is 0 Å². The molecular formula is C17H24N2OS. The summed E-state index contributed by atoms with van der Waals surface area (Å²) in [5.74, 6) is 2.62. The Balaban J connectivity index is 1.64. The molecule has 1 aromatic carbocycles. The second-order valence-electron chi connectivity index (χ2n) is 6.13. The first-order valence-corrected chi connectivity index (χ1v) is 9.15. The second-order valence-corrected chi connectivity index (χ2v) is 7.28. The normalized spacial score (nSPS) is 25.9. The van der Waals surface area contributed by atoms with Crippen molar-refractivity contribution in [3.8, 4) is 0 Å². The number of nitrogens with one attached hydrogen (secondary N) is 1. The summed E-state index contributed by atoms with van der Waals surface area (Å²) in [4.78, 5) is 14.6. The van der Waals surface area contributed by atoms with Crippen LogP contribution >= 0.6 is 11.8 Å². The van der Waals surface area contributed by atoms with E-state index in [1.165, 1.54) is 24.3 Å². The van der Waals surface area contributed by atoms with E-state index in [0.29, 0.717) is 12.1 Å². The van der Waals surface area contributed by atoms with Gasteiger partial charge in [0.05, 0.1) is 0 Å². The largest absolute Gasteiger partial charge is 0.381 e. The van der Waals surface area contributed by atoms with Crippen LogP contribution in [0.25, 0.3) is 0 Å². The first kappa shape index (κ1) is 14.8. The molecule has 2 fully saturated rings. The summed E-state index contributed by atoms with van der Waals surface area (Å²) in [6.07, 6.45) is 4.74. The number of thioether (sulfide) groups is 1. The fourth-order valence-electron chi connectivity index (χ4n) is 3.16. The topological polar surface area (TPSA) is 32.3 Å². The van der Waals surface area contributed by atoms with Crippen molar-refractivity contribution >= 4 is 23.4 Å². The molecule has 0 unspecified atom stereocenters. The minimum absolute atomic E-state index is 0.185. The Kier molecular flexibility index (Phi) is 4.73. The summed E-state index contributed by atoms with van der Waals surface area (Å²) in [6, 6.07) is 8.98. The van der Waals surface area contributed by atoms with Crippen molar-refractivity contribution in [3.05, 3.63) is 29.8 Å². The molecule has 0 spiro atoms. The van der Waals surface area contributed by atoms with Gasteiger partial charge in [-0.2, -0.15) is 11.8 Å². The van der Waals surface area contributed by atoms with Crippen LogP contribution in [0.2, 0.25) is 0 Å². The first-order valence-electron chi connectivity index (χ1n) is 7.99. The Morgan fingerprint density at radius 3 is 2.71 bits per heavy atom. The number of carbonyl (C=O) groups excluding carboxylic acids is 1. The highest BCUT2D eigenvalue weighted by Gasteiger charge is 2.24. The molecule has 0 saturated carbocycles.